The fourth-order valence-electron chi connectivity index (χ4n) is 2.74. The van der Waals surface area contributed by atoms with Crippen LogP contribution < -0.4 is 5.32 Å². The van der Waals surface area contributed by atoms with Crippen molar-refractivity contribution in [2.75, 3.05) is 19.8 Å². The molecule has 2 aliphatic rings. The maximum atomic E-state index is 5.71. The highest BCUT2D eigenvalue weighted by molar-refractivity contribution is 4.86. The summed E-state index contributed by atoms with van der Waals surface area (Å²) in [6.07, 6.45) is 6.41. The minimum absolute atomic E-state index is 0.259. The molecule has 100 valence electrons. The molecule has 1 aromatic rings. The van der Waals surface area contributed by atoms with Gasteiger partial charge in [0.2, 0.25) is 5.89 Å². The molecule has 6 heteroatoms. The summed E-state index contributed by atoms with van der Waals surface area (Å²) in [4.78, 5) is 4.00. The average Bonchev–Trinajstić information content (AvgIpc) is 3.04. The van der Waals surface area contributed by atoms with E-state index in [4.69, 9.17) is 14.0 Å². The van der Waals surface area contributed by atoms with Crippen molar-refractivity contribution in [2.24, 2.45) is 0 Å². The Kier molecular flexibility index (Phi) is 3.58. The zero-order valence-corrected chi connectivity index (χ0v) is 10.4. The summed E-state index contributed by atoms with van der Waals surface area (Å²) in [7, 11) is 0. The van der Waals surface area contributed by atoms with Crippen LogP contribution in [0.5, 0.6) is 0 Å². The van der Waals surface area contributed by atoms with Gasteiger partial charge in [-0.15, -0.1) is 0 Å². The standard InChI is InChI=1S/C12H19N3O3/c1-4-12(16-7-8-17-12)5-2-10(1)13-6-3-11-14-9-15-18-11/h9-10,13H,1-8H2. The van der Waals surface area contributed by atoms with Crippen LogP contribution in [-0.2, 0) is 15.9 Å². The third kappa shape index (κ3) is 2.71. The van der Waals surface area contributed by atoms with E-state index < -0.39 is 0 Å². The zero-order valence-electron chi connectivity index (χ0n) is 10.4. The van der Waals surface area contributed by atoms with Gasteiger partial charge in [-0.2, -0.15) is 4.98 Å². The number of rotatable bonds is 4. The van der Waals surface area contributed by atoms with E-state index in [1.165, 1.54) is 6.33 Å². The Morgan fingerprint density at radius 2 is 2.06 bits per heavy atom. The molecule has 0 aromatic carbocycles. The molecule has 0 bridgehead atoms. The molecule has 1 aliphatic carbocycles. The lowest BCUT2D eigenvalue weighted by atomic mass is 9.90. The van der Waals surface area contributed by atoms with Gasteiger partial charge in [0.15, 0.2) is 12.1 Å². The first-order chi connectivity index (χ1) is 8.86. The monoisotopic (exact) mass is 253 g/mol. The molecule has 1 N–H and O–H groups in total. The van der Waals surface area contributed by atoms with E-state index in [2.05, 4.69) is 15.5 Å². The van der Waals surface area contributed by atoms with Crippen LogP contribution in [0.4, 0.5) is 0 Å². The third-order valence-electron chi connectivity index (χ3n) is 3.74. The summed E-state index contributed by atoms with van der Waals surface area (Å²) in [5, 5.41) is 7.12. The number of ether oxygens (including phenoxy) is 2. The Bertz CT molecular complexity index is 353. The Morgan fingerprint density at radius 1 is 1.28 bits per heavy atom. The summed E-state index contributed by atoms with van der Waals surface area (Å²) < 4.78 is 16.4. The normalized spacial score (nSPS) is 23.8. The van der Waals surface area contributed by atoms with E-state index in [9.17, 15) is 0 Å². The van der Waals surface area contributed by atoms with Crippen molar-refractivity contribution in [1.82, 2.24) is 15.5 Å². The third-order valence-corrected chi connectivity index (χ3v) is 3.74. The second kappa shape index (κ2) is 5.34. The van der Waals surface area contributed by atoms with Crippen molar-refractivity contribution in [3.8, 4) is 0 Å². The van der Waals surface area contributed by atoms with Crippen molar-refractivity contribution in [3.63, 3.8) is 0 Å². The highest BCUT2D eigenvalue weighted by atomic mass is 16.7. The molecule has 0 atom stereocenters. The molecule has 6 nitrogen and oxygen atoms in total. The zero-order chi connectivity index (χ0) is 12.3. The van der Waals surface area contributed by atoms with Crippen LogP contribution in [0.25, 0.3) is 0 Å². The lowest BCUT2D eigenvalue weighted by Crippen LogP contribution is -2.42. The fraction of sp³-hybridized carbons (Fsp3) is 0.833. The van der Waals surface area contributed by atoms with Crippen LogP contribution in [0.3, 0.4) is 0 Å². The molecule has 0 unspecified atom stereocenters. The smallest absolute Gasteiger partial charge is 0.227 e. The van der Waals surface area contributed by atoms with Gasteiger partial charge < -0.3 is 19.3 Å². The molecule has 1 spiro atoms. The van der Waals surface area contributed by atoms with Gasteiger partial charge in [-0.25, -0.2) is 0 Å². The molecule has 2 heterocycles. The van der Waals surface area contributed by atoms with Crippen LogP contribution in [0.1, 0.15) is 31.6 Å². The van der Waals surface area contributed by atoms with Crippen LogP contribution in [0.2, 0.25) is 0 Å². The molecule has 1 aliphatic heterocycles. The lowest BCUT2D eigenvalue weighted by molar-refractivity contribution is -0.179. The SMILES string of the molecule is c1noc(CCNC2CCC3(CC2)OCCO3)n1. The molecule has 0 amide bonds. The van der Waals surface area contributed by atoms with Crippen LogP contribution in [0, 0.1) is 0 Å². The highest BCUT2D eigenvalue weighted by Crippen LogP contribution is 2.35. The number of nitrogens with one attached hydrogen (secondary N) is 1. The Labute approximate surface area is 106 Å². The predicted molar refractivity (Wildman–Crippen MR) is 62.9 cm³/mol. The van der Waals surface area contributed by atoms with Gasteiger partial charge in [0.05, 0.1) is 13.2 Å². The molecular formula is C12H19N3O3. The van der Waals surface area contributed by atoms with Crippen molar-refractivity contribution < 1.29 is 14.0 Å². The minimum Gasteiger partial charge on any atom is -0.348 e. The van der Waals surface area contributed by atoms with E-state index in [0.717, 1.165) is 51.9 Å². The van der Waals surface area contributed by atoms with E-state index >= 15 is 0 Å². The van der Waals surface area contributed by atoms with E-state index in [1.807, 2.05) is 0 Å². The fourth-order valence-corrected chi connectivity index (χ4v) is 2.74. The first-order valence-corrected chi connectivity index (χ1v) is 6.63. The Hall–Kier alpha value is -0.980. The van der Waals surface area contributed by atoms with E-state index in [1.54, 1.807) is 0 Å². The molecule has 2 fully saturated rings. The van der Waals surface area contributed by atoms with Gasteiger partial charge in [-0.1, -0.05) is 5.16 Å². The highest BCUT2D eigenvalue weighted by Gasteiger charge is 2.39. The van der Waals surface area contributed by atoms with Crippen LogP contribution in [-0.4, -0.2) is 41.7 Å². The van der Waals surface area contributed by atoms with Crippen molar-refractivity contribution in [1.29, 1.82) is 0 Å². The van der Waals surface area contributed by atoms with Crippen molar-refractivity contribution in [2.45, 2.75) is 43.9 Å². The number of aromatic nitrogens is 2. The van der Waals surface area contributed by atoms with Crippen molar-refractivity contribution in [3.05, 3.63) is 12.2 Å². The van der Waals surface area contributed by atoms with Crippen LogP contribution >= 0.6 is 0 Å². The summed E-state index contributed by atoms with van der Waals surface area (Å²) in [6.45, 7) is 2.37. The number of hydrogen-bond acceptors (Lipinski definition) is 6. The molecular weight excluding hydrogens is 234 g/mol. The Balaban J connectivity index is 1.38. The second-order valence-electron chi connectivity index (χ2n) is 4.92. The van der Waals surface area contributed by atoms with E-state index in [0.29, 0.717) is 11.9 Å². The molecule has 1 aromatic heterocycles. The second-order valence-corrected chi connectivity index (χ2v) is 4.92. The maximum Gasteiger partial charge on any atom is 0.227 e. The predicted octanol–water partition coefficient (Wildman–Crippen LogP) is 0.887. The Morgan fingerprint density at radius 3 is 2.72 bits per heavy atom. The van der Waals surface area contributed by atoms with Gasteiger partial charge in [-0.05, 0) is 12.8 Å². The largest absolute Gasteiger partial charge is 0.348 e. The van der Waals surface area contributed by atoms with E-state index in [-0.39, 0.29) is 5.79 Å². The summed E-state index contributed by atoms with van der Waals surface area (Å²) in [5.74, 6) is 0.433. The summed E-state index contributed by atoms with van der Waals surface area (Å²) >= 11 is 0. The molecule has 3 rings (SSSR count). The quantitative estimate of drug-likeness (QED) is 0.859. The first kappa shape index (κ1) is 12.1. The van der Waals surface area contributed by atoms with Crippen molar-refractivity contribution >= 4 is 0 Å². The molecule has 18 heavy (non-hydrogen) atoms. The number of nitrogens with zero attached hydrogens (tertiary/aromatic N) is 2. The molecule has 1 saturated heterocycles. The van der Waals surface area contributed by atoms with Gasteiger partial charge in [0.25, 0.3) is 0 Å². The topological polar surface area (TPSA) is 69.4 Å². The molecule has 1 saturated carbocycles. The average molecular weight is 253 g/mol. The summed E-state index contributed by atoms with van der Waals surface area (Å²) in [6, 6.07) is 0.548. The minimum atomic E-state index is -0.259. The summed E-state index contributed by atoms with van der Waals surface area (Å²) in [5.41, 5.74) is 0. The van der Waals surface area contributed by atoms with Crippen LogP contribution in [0.15, 0.2) is 10.9 Å². The van der Waals surface area contributed by atoms with Gasteiger partial charge in [-0.3, -0.25) is 0 Å². The van der Waals surface area contributed by atoms with Gasteiger partial charge in [0.1, 0.15) is 0 Å². The van der Waals surface area contributed by atoms with Gasteiger partial charge >= 0.3 is 0 Å². The van der Waals surface area contributed by atoms with Gasteiger partial charge in [0, 0.05) is 31.8 Å². The first-order valence-electron chi connectivity index (χ1n) is 6.63. The molecule has 0 radical (unpaired) electrons. The number of hydrogen-bond donors (Lipinski definition) is 1. The lowest BCUT2D eigenvalue weighted by Gasteiger charge is -2.35. The maximum absolute atomic E-state index is 5.71.